The first-order valence-corrected chi connectivity index (χ1v) is 6.72. The molecule has 5 nitrogen and oxygen atoms in total. The number of carboxylic acid groups (broad SMARTS) is 1. The van der Waals surface area contributed by atoms with E-state index in [0.29, 0.717) is 5.02 Å². The van der Waals surface area contributed by atoms with Crippen LogP contribution in [0.25, 0.3) is 0 Å². The number of carbonyl (C=O) groups is 1. The van der Waals surface area contributed by atoms with E-state index < -0.39 is 5.97 Å². The number of aromatic nitrogens is 1. The molecule has 1 N–H and O–H groups in total. The quantitative estimate of drug-likeness (QED) is 0.890. The summed E-state index contributed by atoms with van der Waals surface area (Å²) in [5, 5.41) is 9.25. The van der Waals surface area contributed by atoms with Gasteiger partial charge in [-0.1, -0.05) is 23.7 Å². The summed E-state index contributed by atoms with van der Waals surface area (Å²) < 4.78 is 6.81. The molecule has 0 unspecified atom stereocenters. The van der Waals surface area contributed by atoms with Gasteiger partial charge in [0.25, 0.3) is 5.56 Å². The average molecular weight is 308 g/mol. The predicted octanol–water partition coefficient (Wildman–Crippen LogP) is 2.56. The second-order valence-electron chi connectivity index (χ2n) is 4.43. The molecule has 1 aromatic carbocycles. The van der Waals surface area contributed by atoms with Crippen LogP contribution in [0.4, 0.5) is 0 Å². The zero-order chi connectivity index (χ0) is 15.2. The number of rotatable bonds is 6. The van der Waals surface area contributed by atoms with Crippen molar-refractivity contribution >= 4 is 17.6 Å². The number of nitrogens with zero attached hydrogens (tertiary/aromatic N) is 1. The number of aryl methyl sites for hydroxylation is 1. The van der Waals surface area contributed by atoms with Crippen molar-refractivity contribution in [2.45, 2.75) is 19.6 Å². The second-order valence-corrected chi connectivity index (χ2v) is 4.87. The molecule has 110 valence electrons. The molecule has 0 atom stereocenters. The fourth-order valence-electron chi connectivity index (χ4n) is 1.80. The van der Waals surface area contributed by atoms with Crippen molar-refractivity contribution in [1.82, 2.24) is 4.57 Å². The Morgan fingerprint density at radius 2 is 2.10 bits per heavy atom. The van der Waals surface area contributed by atoms with Gasteiger partial charge in [-0.25, -0.2) is 0 Å². The van der Waals surface area contributed by atoms with Crippen LogP contribution in [0.3, 0.4) is 0 Å². The number of aliphatic carboxylic acids is 1. The van der Waals surface area contributed by atoms with Crippen LogP contribution in [0.1, 0.15) is 12.0 Å². The number of carboxylic acids is 1. The minimum Gasteiger partial charge on any atom is -0.483 e. The zero-order valence-corrected chi connectivity index (χ0v) is 11.9. The average Bonchev–Trinajstić information content (AvgIpc) is 2.45. The second kappa shape index (κ2) is 6.95. The topological polar surface area (TPSA) is 68.5 Å². The van der Waals surface area contributed by atoms with Gasteiger partial charge in [0, 0.05) is 17.8 Å². The van der Waals surface area contributed by atoms with Crippen LogP contribution in [0.2, 0.25) is 5.02 Å². The highest BCUT2D eigenvalue weighted by Gasteiger charge is 2.06. The lowest BCUT2D eigenvalue weighted by atomic mass is 10.2. The van der Waals surface area contributed by atoms with Gasteiger partial charge >= 0.3 is 5.97 Å². The Morgan fingerprint density at radius 3 is 2.81 bits per heavy atom. The molecule has 1 aromatic heterocycles. The summed E-state index contributed by atoms with van der Waals surface area (Å²) in [6.07, 6.45) is 1.43. The van der Waals surface area contributed by atoms with Gasteiger partial charge in [-0.15, -0.1) is 0 Å². The molecule has 2 rings (SSSR count). The Kier molecular flexibility index (Phi) is 5.00. The van der Waals surface area contributed by atoms with Crippen LogP contribution >= 0.6 is 11.6 Å². The third kappa shape index (κ3) is 4.36. The number of ether oxygens (including phenoxy) is 1. The number of hydrogen-bond donors (Lipinski definition) is 1. The molecule has 1 heterocycles. The van der Waals surface area contributed by atoms with Crippen molar-refractivity contribution in [2.24, 2.45) is 0 Å². The van der Waals surface area contributed by atoms with E-state index in [4.69, 9.17) is 21.4 Å². The number of pyridine rings is 1. The Balaban J connectivity index is 2.08. The minimum atomic E-state index is -0.952. The first-order valence-electron chi connectivity index (χ1n) is 6.35. The normalized spacial score (nSPS) is 10.3. The van der Waals surface area contributed by atoms with Crippen LogP contribution in [0.5, 0.6) is 5.75 Å². The summed E-state index contributed by atoms with van der Waals surface area (Å²) in [7, 11) is 0. The minimum absolute atomic E-state index is 0.113. The summed E-state index contributed by atoms with van der Waals surface area (Å²) >= 11 is 5.88. The van der Waals surface area contributed by atoms with Crippen LogP contribution in [-0.2, 0) is 17.9 Å². The van der Waals surface area contributed by atoms with E-state index in [1.807, 2.05) is 6.07 Å². The molecule has 0 aliphatic heterocycles. The smallest absolute Gasteiger partial charge is 0.305 e. The lowest BCUT2D eigenvalue weighted by Gasteiger charge is -2.09. The molecule has 0 aliphatic rings. The Labute approximate surface area is 126 Å². The van der Waals surface area contributed by atoms with Crippen LogP contribution < -0.4 is 10.3 Å². The van der Waals surface area contributed by atoms with E-state index in [1.165, 1.54) is 10.8 Å². The van der Waals surface area contributed by atoms with E-state index in [9.17, 15) is 9.59 Å². The lowest BCUT2D eigenvalue weighted by Crippen LogP contribution is -2.22. The maximum atomic E-state index is 12.1. The Morgan fingerprint density at radius 1 is 1.29 bits per heavy atom. The van der Waals surface area contributed by atoms with Gasteiger partial charge in [-0.05, 0) is 29.8 Å². The van der Waals surface area contributed by atoms with Gasteiger partial charge in [0.1, 0.15) is 6.61 Å². The molecule has 0 spiro atoms. The molecule has 0 fully saturated rings. The third-order valence-electron chi connectivity index (χ3n) is 2.84. The van der Waals surface area contributed by atoms with Gasteiger partial charge in [0.2, 0.25) is 0 Å². The van der Waals surface area contributed by atoms with E-state index >= 15 is 0 Å². The fraction of sp³-hybridized carbons (Fsp3) is 0.200. The standard InChI is InChI=1S/C15H14ClNO4/c16-12-4-1-3-11(9-12)10-21-13-5-2-7-17(15(13)20)8-6-14(18)19/h1-5,7,9H,6,8,10H2,(H,18,19). The highest BCUT2D eigenvalue weighted by Crippen LogP contribution is 2.13. The third-order valence-corrected chi connectivity index (χ3v) is 3.07. The molecule has 0 amide bonds. The summed E-state index contributed by atoms with van der Waals surface area (Å²) in [6, 6.07) is 10.4. The maximum absolute atomic E-state index is 12.1. The van der Waals surface area contributed by atoms with E-state index in [1.54, 1.807) is 30.3 Å². The SMILES string of the molecule is O=C(O)CCn1cccc(OCc2cccc(Cl)c2)c1=O. The molecular weight excluding hydrogens is 294 g/mol. The largest absolute Gasteiger partial charge is 0.483 e. The zero-order valence-electron chi connectivity index (χ0n) is 11.2. The number of halogens is 1. The van der Waals surface area contributed by atoms with Crippen molar-refractivity contribution in [1.29, 1.82) is 0 Å². The van der Waals surface area contributed by atoms with Crippen LogP contribution in [-0.4, -0.2) is 15.6 Å². The van der Waals surface area contributed by atoms with Crippen molar-refractivity contribution in [3.05, 3.63) is 63.5 Å². The molecule has 0 bridgehead atoms. The number of benzene rings is 1. The molecule has 6 heteroatoms. The van der Waals surface area contributed by atoms with Gasteiger partial charge in [-0.2, -0.15) is 0 Å². The van der Waals surface area contributed by atoms with Crippen molar-refractivity contribution < 1.29 is 14.6 Å². The van der Waals surface area contributed by atoms with Crippen molar-refractivity contribution in [2.75, 3.05) is 0 Å². The van der Waals surface area contributed by atoms with E-state index in [0.717, 1.165) is 5.56 Å². The molecular formula is C15H14ClNO4. The monoisotopic (exact) mass is 307 g/mol. The molecule has 21 heavy (non-hydrogen) atoms. The summed E-state index contributed by atoms with van der Waals surface area (Å²) in [5.74, 6) is -0.769. The van der Waals surface area contributed by atoms with Crippen molar-refractivity contribution in [3.8, 4) is 5.75 Å². The first kappa shape index (κ1) is 15.1. The van der Waals surface area contributed by atoms with Crippen molar-refractivity contribution in [3.63, 3.8) is 0 Å². The molecule has 0 saturated heterocycles. The molecule has 0 saturated carbocycles. The molecule has 0 radical (unpaired) electrons. The Hall–Kier alpha value is -2.27. The summed E-state index contributed by atoms with van der Waals surface area (Å²) in [4.78, 5) is 22.6. The molecule has 0 aliphatic carbocycles. The Bertz CT molecular complexity index is 696. The number of hydrogen-bond acceptors (Lipinski definition) is 3. The van der Waals surface area contributed by atoms with Gasteiger partial charge in [0.15, 0.2) is 5.75 Å². The first-order chi connectivity index (χ1) is 10.1. The fourth-order valence-corrected chi connectivity index (χ4v) is 2.02. The van der Waals surface area contributed by atoms with Crippen LogP contribution in [0, 0.1) is 0 Å². The van der Waals surface area contributed by atoms with Crippen LogP contribution in [0.15, 0.2) is 47.4 Å². The maximum Gasteiger partial charge on any atom is 0.305 e. The van der Waals surface area contributed by atoms with E-state index in [2.05, 4.69) is 0 Å². The highest BCUT2D eigenvalue weighted by molar-refractivity contribution is 6.30. The lowest BCUT2D eigenvalue weighted by molar-refractivity contribution is -0.137. The predicted molar refractivity (Wildman–Crippen MR) is 78.7 cm³/mol. The highest BCUT2D eigenvalue weighted by atomic mass is 35.5. The molecule has 2 aromatic rings. The summed E-state index contributed by atoms with van der Waals surface area (Å²) in [5.41, 5.74) is 0.503. The van der Waals surface area contributed by atoms with Gasteiger partial charge in [0.05, 0.1) is 6.42 Å². The van der Waals surface area contributed by atoms with E-state index in [-0.39, 0.29) is 30.9 Å². The summed E-state index contributed by atoms with van der Waals surface area (Å²) in [6.45, 7) is 0.335. The van der Waals surface area contributed by atoms with Gasteiger partial charge < -0.3 is 14.4 Å². The van der Waals surface area contributed by atoms with Gasteiger partial charge in [-0.3, -0.25) is 9.59 Å².